The first-order chi connectivity index (χ1) is 16.2. The quantitative estimate of drug-likeness (QED) is 0.180. The van der Waals surface area contributed by atoms with Crippen LogP contribution in [0, 0.1) is 17.2 Å². The summed E-state index contributed by atoms with van der Waals surface area (Å²) in [6.07, 6.45) is 8.17. The molecule has 0 aliphatic heterocycles. The lowest BCUT2D eigenvalue weighted by atomic mass is 9.94. The molecular weight excluding hydrogens is 424 g/mol. The lowest BCUT2D eigenvalue weighted by Crippen LogP contribution is -2.04. The van der Waals surface area contributed by atoms with Crippen LogP contribution in [-0.2, 0) is 9.53 Å². The number of aliphatic hydroxyl groups excluding tert-OH is 1. The highest BCUT2D eigenvalue weighted by Gasteiger charge is 2.17. The fourth-order valence-corrected chi connectivity index (χ4v) is 2.98. The number of aromatic nitrogens is 1. The lowest BCUT2D eigenvalue weighted by Gasteiger charge is -2.13. The lowest BCUT2D eigenvalue weighted by molar-refractivity contribution is -0.138. The Morgan fingerprint density at radius 2 is 1.94 bits per heavy atom. The van der Waals surface area contributed by atoms with Crippen LogP contribution >= 0.6 is 0 Å². The summed E-state index contributed by atoms with van der Waals surface area (Å²) in [4.78, 5) is 15.3. The third-order valence-electron chi connectivity index (χ3n) is 5.17. The predicted molar refractivity (Wildman–Crippen MR) is 142 cm³/mol. The molecular formula is C29H36N2O3. The van der Waals surface area contributed by atoms with Crippen molar-refractivity contribution in [2.45, 2.75) is 53.9 Å². The maximum Gasteiger partial charge on any atom is 0.333 e. The van der Waals surface area contributed by atoms with Gasteiger partial charge in [0.05, 0.1) is 17.8 Å². The van der Waals surface area contributed by atoms with Gasteiger partial charge < -0.3 is 9.84 Å². The Labute approximate surface area is 203 Å². The number of carbonyl (C=O) groups is 1. The number of aliphatic hydroxyl groups is 1. The summed E-state index contributed by atoms with van der Waals surface area (Å²) in [6, 6.07) is 9.91. The van der Waals surface area contributed by atoms with Crippen molar-refractivity contribution in [1.29, 1.82) is 5.26 Å². The van der Waals surface area contributed by atoms with E-state index in [9.17, 15) is 15.2 Å². The van der Waals surface area contributed by atoms with Crippen LogP contribution in [-0.4, -0.2) is 22.7 Å². The van der Waals surface area contributed by atoms with Crippen molar-refractivity contribution in [2.75, 3.05) is 6.61 Å². The van der Waals surface area contributed by atoms with Gasteiger partial charge in [0, 0.05) is 22.9 Å². The molecule has 0 fully saturated rings. The number of rotatable bonds is 9. The highest BCUT2D eigenvalue weighted by atomic mass is 16.5. The fourth-order valence-electron chi connectivity index (χ4n) is 2.98. The molecule has 0 aliphatic rings. The van der Waals surface area contributed by atoms with Crippen molar-refractivity contribution >= 4 is 34.6 Å². The Bertz CT molecular complexity index is 1120. The molecule has 1 N–H and O–H groups in total. The van der Waals surface area contributed by atoms with Crippen molar-refractivity contribution in [3.8, 4) is 6.07 Å². The summed E-state index contributed by atoms with van der Waals surface area (Å²) in [6.45, 7) is 17.6. The normalized spacial score (nSPS) is 12.2. The van der Waals surface area contributed by atoms with Crippen LogP contribution in [0.5, 0.6) is 0 Å². The van der Waals surface area contributed by atoms with Crippen LogP contribution in [0.2, 0.25) is 0 Å². The standard InChI is InChI=1S/C22H24N2O.C7H12O2/c1-5-15(4)12-13-18-16(6-2)17-10-8-9-11-20(17)24-22(18)19(14-23)21(25)7-3;1-4-5-9-7(8)6(2)3/h6,8-13,15,25H,2,5,7H2,1,3-4H3;2,4-5H2,1,3H3/b13-12-,21-19+;. The van der Waals surface area contributed by atoms with Gasteiger partial charge in [0.15, 0.2) is 0 Å². The number of carbonyl (C=O) groups excluding carboxylic acids is 1. The Hall–Kier alpha value is -3.65. The molecule has 180 valence electrons. The molecule has 0 radical (unpaired) electrons. The van der Waals surface area contributed by atoms with E-state index in [1.54, 1.807) is 13.0 Å². The summed E-state index contributed by atoms with van der Waals surface area (Å²) in [5.74, 6) is 0.168. The van der Waals surface area contributed by atoms with Gasteiger partial charge in [0.25, 0.3) is 0 Å². The second kappa shape index (κ2) is 14.5. The van der Waals surface area contributed by atoms with E-state index >= 15 is 0 Å². The Morgan fingerprint density at radius 1 is 1.26 bits per heavy atom. The van der Waals surface area contributed by atoms with Gasteiger partial charge in [-0.05, 0) is 30.9 Å². The minimum absolute atomic E-state index is 0.0542. The first kappa shape index (κ1) is 28.4. The van der Waals surface area contributed by atoms with E-state index in [1.807, 2.05) is 44.2 Å². The maximum absolute atomic E-state index is 10.6. The second-order valence-electron chi connectivity index (χ2n) is 7.96. The molecule has 0 amide bonds. The minimum atomic E-state index is -0.295. The zero-order chi connectivity index (χ0) is 25.7. The van der Waals surface area contributed by atoms with Gasteiger partial charge in [-0.3, -0.25) is 0 Å². The average molecular weight is 461 g/mol. The van der Waals surface area contributed by atoms with Crippen molar-refractivity contribution < 1.29 is 14.6 Å². The zero-order valence-corrected chi connectivity index (χ0v) is 21.0. The Balaban J connectivity index is 0.000000546. The summed E-state index contributed by atoms with van der Waals surface area (Å²) >= 11 is 0. The Morgan fingerprint density at radius 3 is 2.47 bits per heavy atom. The molecule has 5 heteroatoms. The first-order valence-electron chi connectivity index (χ1n) is 11.6. The minimum Gasteiger partial charge on any atom is -0.511 e. The van der Waals surface area contributed by atoms with Gasteiger partial charge in [0.2, 0.25) is 0 Å². The average Bonchev–Trinajstić information content (AvgIpc) is 2.85. The van der Waals surface area contributed by atoms with Gasteiger partial charge in [-0.2, -0.15) is 5.26 Å². The van der Waals surface area contributed by atoms with E-state index in [0.29, 0.717) is 30.2 Å². The molecule has 5 nitrogen and oxygen atoms in total. The molecule has 0 aliphatic carbocycles. The van der Waals surface area contributed by atoms with Gasteiger partial charge in [-0.1, -0.05) is 83.7 Å². The van der Waals surface area contributed by atoms with Crippen LogP contribution < -0.4 is 0 Å². The number of ether oxygens (including phenoxy) is 1. The molecule has 1 aromatic heterocycles. The molecule has 34 heavy (non-hydrogen) atoms. The molecule has 1 atom stereocenters. The van der Waals surface area contributed by atoms with E-state index < -0.39 is 0 Å². The monoisotopic (exact) mass is 460 g/mol. The highest BCUT2D eigenvalue weighted by molar-refractivity contribution is 5.96. The van der Waals surface area contributed by atoms with E-state index in [4.69, 9.17) is 4.74 Å². The van der Waals surface area contributed by atoms with Crippen molar-refractivity contribution in [1.82, 2.24) is 4.98 Å². The topological polar surface area (TPSA) is 83.2 Å². The third kappa shape index (κ3) is 7.74. The van der Waals surface area contributed by atoms with Gasteiger partial charge in [-0.25, -0.2) is 9.78 Å². The fraction of sp³-hybridized carbons (Fsp3) is 0.345. The molecule has 0 saturated heterocycles. The van der Waals surface area contributed by atoms with Gasteiger partial charge in [0.1, 0.15) is 17.4 Å². The largest absolute Gasteiger partial charge is 0.511 e. The number of para-hydroxylation sites is 1. The third-order valence-corrected chi connectivity index (χ3v) is 5.17. The van der Waals surface area contributed by atoms with Crippen molar-refractivity contribution in [3.63, 3.8) is 0 Å². The molecule has 0 saturated carbocycles. The number of hydrogen-bond acceptors (Lipinski definition) is 5. The van der Waals surface area contributed by atoms with Crippen molar-refractivity contribution in [3.05, 3.63) is 71.7 Å². The summed E-state index contributed by atoms with van der Waals surface area (Å²) in [5, 5.41) is 20.8. The summed E-state index contributed by atoms with van der Waals surface area (Å²) < 4.78 is 4.71. The number of esters is 1. The number of allylic oxidation sites excluding steroid dienone is 3. The zero-order valence-electron chi connectivity index (χ0n) is 21.0. The number of benzene rings is 1. The molecule has 2 rings (SSSR count). The van der Waals surface area contributed by atoms with Gasteiger partial charge in [-0.15, -0.1) is 0 Å². The van der Waals surface area contributed by atoms with Gasteiger partial charge >= 0.3 is 5.97 Å². The molecule has 1 unspecified atom stereocenters. The number of fused-ring (bicyclic) bond motifs is 1. The van der Waals surface area contributed by atoms with E-state index in [2.05, 4.69) is 44.1 Å². The summed E-state index contributed by atoms with van der Waals surface area (Å²) in [7, 11) is 0. The molecule has 1 heterocycles. The van der Waals surface area contributed by atoms with E-state index in [1.165, 1.54) is 0 Å². The maximum atomic E-state index is 10.6. The number of hydrogen-bond donors (Lipinski definition) is 1. The van der Waals surface area contributed by atoms with Crippen LogP contribution in [0.4, 0.5) is 0 Å². The smallest absolute Gasteiger partial charge is 0.333 e. The highest BCUT2D eigenvalue weighted by Crippen LogP contribution is 2.31. The first-order valence-corrected chi connectivity index (χ1v) is 11.6. The Kier molecular flexibility index (Phi) is 12.1. The summed E-state index contributed by atoms with van der Waals surface area (Å²) in [5.41, 5.74) is 3.73. The number of nitriles is 1. The molecule has 0 spiro atoms. The van der Waals surface area contributed by atoms with E-state index in [0.717, 1.165) is 34.9 Å². The number of nitrogens with zero attached hydrogens (tertiary/aromatic N) is 2. The second-order valence-corrected chi connectivity index (χ2v) is 7.96. The SMILES string of the molecule is C=C(C)C(=O)OCCC.C=Cc1c(/C=C\C(C)CC)c(/C(C#N)=C(/O)CC)nc2ccccc12. The molecule has 1 aromatic carbocycles. The molecule has 2 aromatic rings. The van der Waals surface area contributed by atoms with E-state index in [-0.39, 0.29) is 17.3 Å². The van der Waals surface area contributed by atoms with Crippen molar-refractivity contribution in [2.24, 2.45) is 5.92 Å². The van der Waals surface area contributed by atoms with Crippen LogP contribution in [0.1, 0.15) is 70.7 Å². The van der Waals surface area contributed by atoms with Crippen LogP contribution in [0.25, 0.3) is 28.6 Å². The predicted octanol–water partition coefficient (Wildman–Crippen LogP) is 7.66. The van der Waals surface area contributed by atoms with Crippen LogP contribution in [0.15, 0.2) is 54.8 Å². The van der Waals surface area contributed by atoms with Crippen LogP contribution in [0.3, 0.4) is 0 Å². The molecule has 0 bridgehead atoms. The number of pyridine rings is 1.